The predicted molar refractivity (Wildman–Crippen MR) is 95.7 cm³/mol. The van der Waals surface area contributed by atoms with Crippen LogP contribution in [0.15, 0.2) is 72.9 Å². The maximum atomic E-state index is 13.8. The Hall–Kier alpha value is -3.52. The van der Waals surface area contributed by atoms with Crippen molar-refractivity contribution in [2.45, 2.75) is 6.04 Å². The van der Waals surface area contributed by atoms with E-state index in [9.17, 15) is 9.18 Å². The minimum absolute atomic E-state index is 0.241. The lowest BCUT2D eigenvalue weighted by molar-refractivity contribution is 0.0752. The number of carbonyl (C=O) groups is 1. The molecule has 1 aromatic heterocycles. The Morgan fingerprint density at radius 2 is 1.88 bits per heavy atom. The summed E-state index contributed by atoms with van der Waals surface area (Å²) in [6.45, 7) is 0. The molecule has 1 heterocycles. The second-order valence-electron chi connectivity index (χ2n) is 5.82. The van der Waals surface area contributed by atoms with Crippen LogP contribution in [0.1, 0.15) is 33.2 Å². The van der Waals surface area contributed by atoms with Crippen LogP contribution in [-0.4, -0.2) is 22.8 Å². The lowest BCUT2D eigenvalue weighted by Crippen LogP contribution is -2.32. The van der Waals surface area contributed by atoms with E-state index in [1.807, 2.05) is 12.1 Å². The van der Waals surface area contributed by atoms with Crippen molar-refractivity contribution in [3.8, 4) is 6.07 Å². The highest BCUT2D eigenvalue weighted by atomic mass is 19.1. The molecule has 0 aliphatic carbocycles. The Bertz CT molecular complexity index is 949. The van der Waals surface area contributed by atoms with Crippen LogP contribution in [0.4, 0.5) is 4.39 Å². The molecule has 1 amide bonds. The van der Waals surface area contributed by atoms with E-state index in [4.69, 9.17) is 5.26 Å². The van der Waals surface area contributed by atoms with Gasteiger partial charge in [-0.2, -0.15) is 5.26 Å². The molecule has 3 rings (SSSR count). The molecule has 3 aromatic rings. The van der Waals surface area contributed by atoms with Crippen LogP contribution in [0.2, 0.25) is 0 Å². The molecule has 0 aliphatic rings. The molecule has 128 valence electrons. The second-order valence-corrected chi connectivity index (χ2v) is 5.82. The quantitative estimate of drug-likeness (QED) is 0.719. The highest BCUT2D eigenvalue weighted by Gasteiger charge is 2.25. The number of aromatic nitrogens is 1. The third-order valence-corrected chi connectivity index (χ3v) is 4.10. The first-order chi connectivity index (χ1) is 12.6. The van der Waals surface area contributed by atoms with Gasteiger partial charge in [0.2, 0.25) is 0 Å². The van der Waals surface area contributed by atoms with Crippen molar-refractivity contribution in [2.75, 3.05) is 7.05 Å². The molecule has 0 fully saturated rings. The standard InChI is InChI=1S/C21H16FN3O/c1-25(21(26)16-10-8-15(14-23)9-11-16)20(19-7-2-3-12-24-19)17-5-4-6-18(22)13-17/h2-13,20H,1H3/t20-/m1/s1. The fraction of sp³-hybridized carbons (Fsp3) is 0.0952. The smallest absolute Gasteiger partial charge is 0.254 e. The Kier molecular flexibility index (Phi) is 5.04. The average molecular weight is 345 g/mol. The van der Waals surface area contributed by atoms with Gasteiger partial charge in [0.15, 0.2) is 0 Å². The second kappa shape index (κ2) is 7.58. The van der Waals surface area contributed by atoms with Crippen LogP contribution in [0.3, 0.4) is 0 Å². The van der Waals surface area contributed by atoms with Gasteiger partial charge in [0.1, 0.15) is 5.82 Å². The van der Waals surface area contributed by atoms with Crippen LogP contribution >= 0.6 is 0 Å². The van der Waals surface area contributed by atoms with E-state index in [0.717, 1.165) is 0 Å². The lowest BCUT2D eigenvalue weighted by atomic mass is 10.0. The van der Waals surface area contributed by atoms with E-state index in [-0.39, 0.29) is 11.7 Å². The van der Waals surface area contributed by atoms with Crippen molar-refractivity contribution < 1.29 is 9.18 Å². The maximum Gasteiger partial charge on any atom is 0.254 e. The van der Waals surface area contributed by atoms with Crippen molar-refractivity contribution >= 4 is 5.91 Å². The van der Waals surface area contributed by atoms with Crippen molar-refractivity contribution in [3.63, 3.8) is 0 Å². The topological polar surface area (TPSA) is 57.0 Å². The molecule has 4 nitrogen and oxygen atoms in total. The predicted octanol–water partition coefficient (Wildman–Crippen LogP) is 3.95. The molecule has 0 aliphatic heterocycles. The van der Waals surface area contributed by atoms with Crippen molar-refractivity contribution in [3.05, 3.63) is 101 Å². The lowest BCUT2D eigenvalue weighted by Gasteiger charge is -2.28. The molecule has 26 heavy (non-hydrogen) atoms. The molecular weight excluding hydrogens is 329 g/mol. The molecule has 0 saturated heterocycles. The summed E-state index contributed by atoms with van der Waals surface area (Å²) in [6.07, 6.45) is 1.64. The van der Waals surface area contributed by atoms with E-state index in [0.29, 0.717) is 22.4 Å². The number of nitrogens with zero attached hydrogens (tertiary/aromatic N) is 3. The van der Waals surface area contributed by atoms with Gasteiger partial charge in [-0.3, -0.25) is 9.78 Å². The van der Waals surface area contributed by atoms with Gasteiger partial charge in [-0.1, -0.05) is 18.2 Å². The van der Waals surface area contributed by atoms with Crippen molar-refractivity contribution in [1.29, 1.82) is 5.26 Å². The van der Waals surface area contributed by atoms with Gasteiger partial charge in [-0.15, -0.1) is 0 Å². The summed E-state index contributed by atoms with van der Waals surface area (Å²) >= 11 is 0. The molecule has 0 unspecified atom stereocenters. The molecule has 0 radical (unpaired) electrons. The zero-order chi connectivity index (χ0) is 18.5. The highest BCUT2D eigenvalue weighted by molar-refractivity contribution is 5.94. The van der Waals surface area contributed by atoms with Gasteiger partial charge in [-0.05, 0) is 54.1 Å². The van der Waals surface area contributed by atoms with Crippen LogP contribution in [-0.2, 0) is 0 Å². The van der Waals surface area contributed by atoms with Gasteiger partial charge >= 0.3 is 0 Å². The first kappa shape index (κ1) is 17.3. The van der Waals surface area contributed by atoms with E-state index < -0.39 is 6.04 Å². The third kappa shape index (κ3) is 3.60. The van der Waals surface area contributed by atoms with E-state index in [1.165, 1.54) is 17.0 Å². The summed E-state index contributed by atoms with van der Waals surface area (Å²) in [5.74, 6) is -0.614. The molecular formula is C21H16FN3O. The minimum Gasteiger partial charge on any atom is -0.329 e. The number of hydrogen-bond donors (Lipinski definition) is 0. The molecule has 0 spiro atoms. The fourth-order valence-electron chi connectivity index (χ4n) is 2.82. The summed E-state index contributed by atoms with van der Waals surface area (Å²) in [5.41, 5.74) is 2.20. The SMILES string of the molecule is CN(C(=O)c1ccc(C#N)cc1)[C@H](c1cccc(F)c1)c1ccccn1. The summed E-state index contributed by atoms with van der Waals surface area (Å²) < 4.78 is 13.8. The summed E-state index contributed by atoms with van der Waals surface area (Å²) in [4.78, 5) is 18.8. The van der Waals surface area contributed by atoms with Gasteiger partial charge < -0.3 is 4.90 Å². The Morgan fingerprint density at radius 1 is 1.12 bits per heavy atom. The third-order valence-electron chi connectivity index (χ3n) is 4.10. The molecule has 5 heteroatoms. The Morgan fingerprint density at radius 3 is 2.50 bits per heavy atom. The van der Waals surface area contributed by atoms with Crippen LogP contribution in [0, 0.1) is 17.1 Å². The van der Waals surface area contributed by atoms with Gasteiger partial charge in [0, 0.05) is 18.8 Å². The summed E-state index contributed by atoms with van der Waals surface area (Å²) in [5, 5.41) is 8.90. The summed E-state index contributed by atoms with van der Waals surface area (Å²) in [6, 6.07) is 19.5. The van der Waals surface area contributed by atoms with E-state index >= 15 is 0 Å². The van der Waals surface area contributed by atoms with Crippen LogP contribution < -0.4 is 0 Å². The fourth-order valence-corrected chi connectivity index (χ4v) is 2.82. The monoisotopic (exact) mass is 345 g/mol. The van der Waals surface area contributed by atoms with E-state index in [1.54, 1.807) is 61.8 Å². The van der Waals surface area contributed by atoms with Gasteiger partial charge in [0.05, 0.1) is 23.4 Å². The maximum absolute atomic E-state index is 13.8. The number of benzene rings is 2. The average Bonchev–Trinajstić information content (AvgIpc) is 2.68. The van der Waals surface area contributed by atoms with Gasteiger partial charge in [0.25, 0.3) is 5.91 Å². The number of carbonyl (C=O) groups excluding carboxylic acids is 1. The first-order valence-electron chi connectivity index (χ1n) is 8.04. The summed E-state index contributed by atoms with van der Waals surface area (Å²) in [7, 11) is 1.66. The zero-order valence-corrected chi connectivity index (χ0v) is 14.1. The number of nitriles is 1. The number of halogens is 1. The zero-order valence-electron chi connectivity index (χ0n) is 14.1. The van der Waals surface area contributed by atoms with E-state index in [2.05, 4.69) is 4.98 Å². The van der Waals surface area contributed by atoms with Crippen LogP contribution in [0.25, 0.3) is 0 Å². The Labute approximate surface area is 151 Å². The van der Waals surface area contributed by atoms with Gasteiger partial charge in [-0.25, -0.2) is 4.39 Å². The molecule has 0 bridgehead atoms. The molecule has 0 saturated carbocycles. The normalized spacial score (nSPS) is 11.4. The number of pyridine rings is 1. The molecule has 1 atom stereocenters. The first-order valence-corrected chi connectivity index (χ1v) is 8.04. The largest absolute Gasteiger partial charge is 0.329 e. The Balaban J connectivity index is 2.00. The van der Waals surface area contributed by atoms with Crippen molar-refractivity contribution in [1.82, 2.24) is 9.88 Å². The molecule has 2 aromatic carbocycles. The molecule has 0 N–H and O–H groups in total. The number of hydrogen-bond acceptors (Lipinski definition) is 3. The number of amides is 1. The van der Waals surface area contributed by atoms with Crippen LogP contribution in [0.5, 0.6) is 0 Å². The minimum atomic E-state index is -0.532. The number of rotatable bonds is 4. The van der Waals surface area contributed by atoms with Crippen molar-refractivity contribution in [2.24, 2.45) is 0 Å². The highest BCUT2D eigenvalue weighted by Crippen LogP contribution is 2.28.